The number of rotatable bonds is 5. The van der Waals surface area contributed by atoms with E-state index in [1.54, 1.807) is 17.0 Å². The molecule has 0 radical (unpaired) electrons. The first kappa shape index (κ1) is 20.5. The predicted molar refractivity (Wildman–Crippen MR) is 101 cm³/mol. The van der Waals surface area contributed by atoms with Gasteiger partial charge in [0.05, 0.1) is 23.0 Å². The Hall–Kier alpha value is -2.79. The Labute approximate surface area is 171 Å². The first-order valence-corrected chi connectivity index (χ1v) is 10.7. The topological polar surface area (TPSA) is 81.0 Å². The average molecular weight is 437 g/mol. The first-order chi connectivity index (χ1) is 14.3. The normalized spacial score (nSPS) is 18.0. The van der Waals surface area contributed by atoms with Gasteiger partial charge in [-0.15, -0.1) is 10.2 Å². The minimum atomic E-state index is -4.78. The lowest BCUT2D eigenvalue weighted by molar-refractivity contribution is -0.139. The van der Waals surface area contributed by atoms with Gasteiger partial charge in [-0.2, -0.15) is 17.5 Å². The molecule has 3 heterocycles. The van der Waals surface area contributed by atoms with Crippen LogP contribution in [-0.4, -0.2) is 39.0 Å². The van der Waals surface area contributed by atoms with Crippen molar-refractivity contribution in [3.05, 3.63) is 72.1 Å². The molecule has 1 fully saturated rings. The SMILES string of the molecule is O=S(=O)(c1ccccc1C(F)(F)F)N1CCCC1c1nncn1Cc1ccncc1. The summed E-state index contributed by atoms with van der Waals surface area (Å²) >= 11 is 0. The molecule has 1 aliphatic heterocycles. The Kier molecular flexibility index (Phi) is 5.33. The highest BCUT2D eigenvalue weighted by molar-refractivity contribution is 7.89. The second-order valence-corrected chi connectivity index (χ2v) is 8.80. The number of halogens is 3. The molecule has 0 spiro atoms. The van der Waals surface area contributed by atoms with Crippen LogP contribution in [0.1, 0.15) is 35.8 Å². The smallest absolute Gasteiger partial charge is 0.312 e. The highest BCUT2D eigenvalue weighted by Gasteiger charge is 2.43. The number of sulfonamides is 1. The van der Waals surface area contributed by atoms with Gasteiger partial charge in [-0.05, 0) is 42.7 Å². The Bertz CT molecular complexity index is 1130. The highest BCUT2D eigenvalue weighted by Crippen LogP contribution is 2.40. The zero-order valence-electron chi connectivity index (χ0n) is 15.7. The standard InChI is InChI=1S/C19H18F3N5O2S/c20-19(21,22)15-4-1-2-6-17(15)30(28,29)27-11-3-5-16(27)18-25-24-13-26(18)12-14-7-9-23-10-8-14/h1-2,4,6-10,13,16H,3,5,11-12H2. The molecule has 7 nitrogen and oxygen atoms in total. The molecule has 4 rings (SSSR count). The molecule has 1 unspecified atom stereocenters. The zero-order valence-corrected chi connectivity index (χ0v) is 16.5. The molecule has 2 aromatic heterocycles. The Morgan fingerprint density at radius 2 is 1.83 bits per heavy atom. The molecule has 0 bridgehead atoms. The van der Waals surface area contributed by atoms with Crippen molar-refractivity contribution < 1.29 is 21.6 Å². The van der Waals surface area contributed by atoms with Crippen molar-refractivity contribution in [2.24, 2.45) is 0 Å². The van der Waals surface area contributed by atoms with E-state index in [1.807, 2.05) is 12.1 Å². The molecule has 1 atom stereocenters. The lowest BCUT2D eigenvalue weighted by Crippen LogP contribution is -2.33. The van der Waals surface area contributed by atoms with Gasteiger partial charge in [-0.1, -0.05) is 12.1 Å². The maximum Gasteiger partial charge on any atom is 0.417 e. The number of nitrogens with zero attached hydrogens (tertiary/aromatic N) is 5. The van der Waals surface area contributed by atoms with Crippen LogP contribution < -0.4 is 0 Å². The summed E-state index contributed by atoms with van der Waals surface area (Å²) in [7, 11) is -4.40. The van der Waals surface area contributed by atoms with Crippen LogP contribution in [0.15, 0.2) is 60.0 Å². The predicted octanol–water partition coefficient (Wildman–Crippen LogP) is 3.27. The summed E-state index contributed by atoms with van der Waals surface area (Å²) in [5.41, 5.74) is -0.255. The minimum Gasteiger partial charge on any atom is -0.312 e. The quantitative estimate of drug-likeness (QED) is 0.612. The molecular weight excluding hydrogens is 419 g/mol. The maximum atomic E-state index is 13.4. The summed E-state index contributed by atoms with van der Waals surface area (Å²) in [6, 6.07) is 7.17. The Balaban J connectivity index is 1.70. The first-order valence-electron chi connectivity index (χ1n) is 9.23. The number of pyridine rings is 1. The van der Waals surface area contributed by atoms with Gasteiger partial charge in [-0.3, -0.25) is 4.98 Å². The van der Waals surface area contributed by atoms with Gasteiger partial charge in [0.1, 0.15) is 6.33 Å². The van der Waals surface area contributed by atoms with Crippen LogP contribution in [0.4, 0.5) is 13.2 Å². The number of aromatic nitrogens is 4. The molecule has 1 aromatic carbocycles. The van der Waals surface area contributed by atoms with E-state index < -0.39 is 32.7 Å². The zero-order chi connectivity index (χ0) is 21.4. The van der Waals surface area contributed by atoms with Crippen molar-refractivity contribution >= 4 is 10.0 Å². The number of hydrogen-bond acceptors (Lipinski definition) is 5. The Morgan fingerprint density at radius 3 is 2.57 bits per heavy atom. The third-order valence-electron chi connectivity index (χ3n) is 5.03. The summed E-state index contributed by atoms with van der Waals surface area (Å²) in [5.74, 6) is 0.400. The monoisotopic (exact) mass is 437 g/mol. The number of benzene rings is 1. The van der Waals surface area contributed by atoms with Crippen molar-refractivity contribution in [1.82, 2.24) is 24.1 Å². The summed E-state index contributed by atoms with van der Waals surface area (Å²) in [6.07, 6.45) is 0.949. The third kappa shape index (κ3) is 3.82. The van der Waals surface area contributed by atoms with Crippen LogP contribution in [0, 0.1) is 0 Å². The molecule has 30 heavy (non-hydrogen) atoms. The van der Waals surface area contributed by atoms with Crippen molar-refractivity contribution in [3.8, 4) is 0 Å². The van der Waals surface area contributed by atoms with Gasteiger partial charge >= 0.3 is 6.18 Å². The second-order valence-electron chi connectivity index (χ2n) is 6.94. The van der Waals surface area contributed by atoms with Gasteiger partial charge in [0, 0.05) is 18.9 Å². The number of alkyl halides is 3. The molecule has 0 N–H and O–H groups in total. The van der Waals surface area contributed by atoms with Crippen LogP contribution in [0.25, 0.3) is 0 Å². The van der Waals surface area contributed by atoms with Gasteiger partial charge in [0.2, 0.25) is 10.0 Å². The summed E-state index contributed by atoms with van der Waals surface area (Å²) < 4.78 is 69.6. The van der Waals surface area contributed by atoms with E-state index in [2.05, 4.69) is 15.2 Å². The molecule has 3 aromatic rings. The van der Waals surface area contributed by atoms with E-state index in [1.165, 1.54) is 18.5 Å². The summed E-state index contributed by atoms with van der Waals surface area (Å²) in [6.45, 7) is 0.510. The van der Waals surface area contributed by atoms with E-state index in [4.69, 9.17) is 0 Å². The minimum absolute atomic E-state index is 0.112. The molecular formula is C19H18F3N5O2S. The van der Waals surface area contributed by atoms with Crippen molar-refractivity contribution in [2.75, 3.05) is 6.54 Å². The molecule has 0 aliphatic carbocycles. The van der Waals surface area contributed by atoms with Gasteiger partial charge < -0.3 is 4.57 Å². The summed E-state index contributed by atoms with van der Waals surface area (Å²) in [4.78, 5) is 3.21. The average Bonchev–Trinajstić information content (AvgIpc) is 3.37. The van der Waals surface area contributed by atoms with Gasteiger partial charge in [0.25, 0.3) is 0 Å². The molecule has 1 saturated heterocycles. The van der Waals surface area contributed by atoms with E-state index in [0.717, 1.165) is 22.0 Å². The molecule has 158 valence electrons. The van der Waals surface area contributed by atoms with Crippen LogP contribution in [0.5, 0.6) is 0 Å². The maximum absolute atomic E-state index is 13.4. The van der Waals surface area contributed by atoms with Crippen LogP contribution >= 0.6 is 0 Å². The second kappa shape index (κ2) is 7.80. The lowest BCUT2D eigenvalue weighted by atomic mass is 10.2. The molecule has 11 heteroatoms. The van der Waals surface area contributed by atoms with Crippen LogP contribution in [0.3, 0.4) is 0 Å². The fraction of sp³-hybridized carbons (Fsp3) is 0.316. The third-order valence-corrected chi connectivity index (χ3v) is 6.99. The summed E-state index contributed by atoms with van der Waals surface area (Å²) in [5, 5.41) is 8.00. The van der Waals surface area contributed by atoms with Gasteiger partial charge in [0.15, 0.2) is 5.82 Å². The highest BCUT2D eigenvalue weighted by atomic mass is 32.2. The molecule has 0 saturated carbocycles. The van der Waals surface area contributed by atoms with E-state index in [0.29, 0.717) is 25.2 Å². The molecule has 0 amide bonds. The molecule has 1 aliphatic rings. The fourth-order valence-electron chi connectivity index (χ4n) is 3.67. The Morgan fingerprint density at radius 1 is 1.10 bits per heavy atom. The van der Waals surface area contributed by atoms with Crippen LogP contribution in [0.2, 0.25) is 0 Å². The van der Waals surface area contributed by atoms with Crippen molar-refractivity contribution in [3.63, 3.8) is 0 Å². The van der Waals surface area contributed by atoms with E-state index in [-0.39, 0.29) is 6.54 Å². The van der Waals surface area contributed by atoms with Crippen molar-refractivity contribution in [2.45, 2.75) is 36.5 Å². The van der Waals surface area contributed by atoms with E-state index in [9.17, 15) is 21.6 Å². The van der Waals surface area contributed by atoms with Crippen molar-refractivity contribution in [1.29, 1.82) is 0 Å². The largest absolute Gasteiger partial charge is 0.417 e. The fourth-order valence-corrected chi connectivity index (χ4v) is 5.54. The van der Waals surface area contributed by atoms with Crippen LogP contribution in [-0.2, 0) is 22.7 Å². The van der Waals surface area contributed by atoms with Gasteiger partial charge in [-0.25, -0.2) is 8.42 Å². The van der Waals surface area contributed by atoms with E-state index >= 15 is 0 Å². The lowest BCUT2D eigenvalue weighted by Gasteiger charge is -2.25. The number of hydrogen-bond donors (Lipinski definition) is 0.